The van der Waals surface area contributed by atoms with Crippen LogP contribution in [0.1, 0.15) is 5.56 Å². The molecule has 33 heavy (non-hydrogen) atoms. The molecular formula is C21H21BrF3N3O4S. The van der Waals surface area contributed by atoms with Crippen molar-refractivity contribution in [2.75, 3.05) is 49.0 Å². The SMILES string of the molecule is COC(=O)CN1CCN2c3ccc(Br)cc3N(S(=O)(=O)c3cccc(C(F)(F)F)c3)C[C@@H]2C1. The molecule has 0 unspecified atom stereocenters. The highest BCUT2D eigenvalue weighted by atomic mass is 79.9. The van der Waals surface area contributed by atoms with Gasteiger partial charge >= 0.3 is 12.1 Å². The van der Waals surface area contributed by atoms with E-state index in [1.807, 2.05) is 4.90 Å². The summed E-state index contributed by atoms with van der Waals surface area (Å²) in [6.07, 6.45) is -4.66. The molecule has 0 N–H and O–H groups in total. The van der Waals surface area contributed by atoms with Crippen LogP contribution in [-0.4, -0.2) is 65.2 Å². The number of fused-ring (bicyclic) bond motifs is 3. The summed E-state index contributed by atoms with van der Waals surface area (Å²) in [7, 11) is -2.99. The zero-order valence-corrected chi connectivity index (χ0v) is 20.0. The topological polar surface area (TPSA) is 70.2 Å². The van der Waals surface area contributed by atoms with Gasteiger partial charge < -0.3 is 9.64 Å². The second-order valence-electron chi connectivity index (χ2n) is 7.85. The highest BCUT2D eigenvalue weighted by Crippen LogP contribution is 2.41. The first-order valence-corrected chi connectivity index (χ1v) is 12.3. The van der Waals surface area contributed by atoms with Gasteiger partial charge in [-0.3, -0.25) is 14.0 Å². The van der Waals surface area contributed by atoms with E-state index < -0.39 is 32.6 Å². The molecule has 4 rings (SSSR count). The Balaban J connectivity index is 1.73. The molecule has 0 saturated carbocycles. The summed E-state index contributed by atoms with van der Waals surface area (Å²) >= 11 is 3.36. The monoisotopic (exact) mass is 547 g/mol. The van der Waals surface area contributed by atoms with Crippen molar-refractivity contribution >= 4 is 43.3 Å². The van der Waals surface area contributed by atoms with E-state index in [4.69, 9.17) is 4.74 Å². The van der Waals surface area contributed by atoms with E-state index in [0.29, 0.717) is 41.5 Å². The number of carbonyl (C=O) groups is 1. The molecule has 7 nitrogen and oxygen atoms in total. The fourth-order valence-corrected chi connectivity index (χ4v) is 6.10. The first-order valence-electron chi connectivity index (χ1n) is 10.1. The predicted octanol–water partition coefficient (Wildman–Crippen LogP) is 3.34. The van der Waals surface area contributed by atoms with Crippen LogP contribution >= 0.6 is 15.9 Å². The molecule has 1 fully saturated rings. The minimum Gasteiger partial charge on any atom is -0.468 e. The molecule has 1 atom stereocenters. The summed E-state index contributed by atoms with van der Waals surface area (Å²) in [6, 6.07) is 8.69. The van der Waals surface area contributed by atoms with E-state index in [2.05, 4.69) is 20.8 Å². The summed E-state index contributed by atoms with van der Waals surface area (Å²) < 4.78 is 73.3. The van der Waals surface area contributed by atoms with Crippen LogP contribution in [0.4, 0.5) is 24.5 Å². The van der Waals surface area contributed by atoms with Gasteiger partial charge in [-0.15, -0.1) is 0 Å². The average Bonchev–Trinajstić information content (AvgIpc) is 2.77. The van der Waals surface area contributed by atoms with Gasteiger partial charge in [0.25, 0.3) is 10.0 Å². The van der Waals surface area contributed by atoms with E-state index in [1.54, 1.807) is 18.2 Å². The van der Waals surface area contributed by atoms with Crippen LogP contribution in [-0.2, 0) is 25.7 Å². The molecule has 0 aromatic heterocycles. The number of nitrogens with zero attached hydrogens (tertiary/aromatic N) is 3. The fourth-order valence-electron chi connectivity index (χ4n) is 4.20. The maximum absolute atomic E-state index is 13.6. The molecule has 178 valence electrons. The normalized spacial score (nSPS) is 19.1. The first-order chi connectivity index (χ1) is 15.5. The third-order valence-electron chi connectivity index (χ3n) is 5.79. The van der Waals surface area contributed by atoms with E-state index in [9.17, 15) is 26.4 Å². The highest BCUT2D eigenvalue weighted by molar-refractivity contribution is 9.10. The second kappa shape index (κ2) is 8.80. The number of hydrogen-bond donors (Lipinski definition) is 0. The number of hydrogen-bond acceptors (Lipinski definition) is 6. The van der Waals surface area contributed by atoms with Crippen molar-refractivity contribution in [3.8, 4) is 0 Å². The number of piperazine rings is 1. The number of carbonyl (C=O) groups excluding carboxylic acids is 1. The second-order valence-corrected chi connectivity index (χ2v) is 10.6. The van der Waals surface area contributed by atoms with Crippen molar-refractivity contribution in [1.82, 2.24) is 4.90 Å². The Bertz CT molecular complexity index is 1180. The van der Waals surface area contributed by atoms with Crippen molar-refractivity contribution in [3.63, 3.8) is 0 Å². The van der Waals surface area contributed by atoms with Crippen molar-refractivity contribution in [2.45, 2.75) is 17.1 Å². The quantitative estimate of drug-likeness (QED) is 0.547. The number of halogens is 4. The van der Waals surface area contributed by atoms with Gasteiger partial charge in [0.15, 0.2) is 0 Å². The third-order valence-corrected chi connectivity index (χ3v) is 8.06. The largest absolute Gasteiger partial charge is 0.468 e. The Kier molecular flexibility index (Phi) is 6.36. The van der Waals surface area contributed by atoms with Gasteiger partial charge in [-0.1, -0.05) is 22.0 Å². The molecule has 2 aliphatic heterocycles. The molecule has 0 bridgehead atoms. The lowest BCUT2D eigenvalue weighted by Gasteiger charge is -2.48. The third kappa shape index (κ3) is 4.69. The van der Waals surface area contributed by atoms with Crippen LogP contribution in [0.2, 0.25) is 0 Å². The summed E-state index contributed by atoms with van der Waals surface area (Å²) in [5.41, 5.74) is 0.0285. The number of ether oxygens (including phenoxy) is 1. The number of benzene rings is 2. The van der Waals surface area contributed by atoms with Crippen LogP contribution in [0.5, 0.6) is 0 Å². The standard InChI is InChI=1S/C21H21BrF3N3O4S/c1-32-20(29)13-26-7-8-27-16(11-26)12-28(19-10-15(22)5-6-18(19)27)33(30,31)17-4-2-3-14(9-17)21(23,24)25/h2-6,9-10,16H,7-8,11-13H2,1H3/t16-/m0/s1. The van der Waals surface area contributed by atoms with E-state index in [-0.39, 0.29) is 19.1 Å². The van der Waals surface area contributed by atoms with Gasteiger partial charge in [0, 0.05) is 24.1 Å². The van der Waals surface area contributed by atoms with E-state index in [0.717, 1.165) is 16.4 Å². The molecule has 2 aromatic carbocycles. The number of methoxy groups -OCH3 is 1. The Morgan fingerprint density at radius 3 is 2.58 bits per heavy atom. The van der Waals surface area contributed by atoms with E-state index in [1.165, 1.54) is 13.2 Å². The van der Waals surface area contributed by atoms with Crippen molar-refractivity contribution < 1.29 is 31.1 Å². The Morgan fingerprint density at radius 1 is 1.12 bits per heavy atom. The number of rotatable bonds is 4. The molecule has 12 heteroatoms. The van der Waals surface area contributed by atoms with Crippen molar-refractivity contribution in [1.29, 1.82) is 0 Å². The summed E-state index contributed by atoms with van der Waals surface area (Å²) in [5, 5.41) is 0. The van der Waals surface area contributed by atoms with Gasteiger partial charge in [-0.25, -0.2) is 8.42 Å². The smallest absolute Gasteiger partial charge is 0.416 e. The van der Waals surface area contributed by atoms with Crippen molar-refractivity contribution in [2.24, 2.45) is 0 Å². The maximum Gasteiger partial charge on any atom is 0.416 e. The van der Waals surface area contributed by atoms with Crippen molar-refractivity contribution in [3.05, 3.63) is 52.5 Å². The Morgan fingerprint density at radius 2 is 1.88 bits per heavy atom. The highest BCUT2D eigenvalue weighted by Gasteiger charge is 2.41. The number of esters is 1. The minimum atomic E-state index is -4.66. The fraction of sp³-hybridized carbons (Fsp3) is 0.381. The van der Waals surface area contributed by atoms with Crippen LogP contribution in [0, 0.1) is 0 Å². The predicted molar refractivity (Wildman–Crippen MR) is 120 cm³/mol. The summed E-state index contributed by atoms with van der Waals surface area (Å²) in [6.45, 7) is 1.66. The van der Waals surface area contributed by atoms with Gasteiger partial charge in [0.2, 0.25) is 0 Å². The van der Waals surface area contributed by atoms with Crippen LogP contribution in [0.3, 0.4) is 0 Å². The lowest BCUT2D eigenvalue weighted by Crippen LogP contribution is -2.61. The number of anilines is 2. The Labute approximate surface area is 197 Å². The molecule has 0 amide bonds. The summed E-state index contributed by atoms with van der Waals surface area (Å²) in [5.74, 6) is -0.392. The first kappa shape index (κ1) is 23.8. The minimum absolute atomic E-state index is 0.0275. The zero-order valence-electron chi connectivity index (χ0n) is 17.5. The summed E-state index contributed by atoms with van der Waals surface area (Å²) in [4.78, 5) is 15.2. The molecule has 0 radical (unpaired) electrons. The number of sulfonamides is 1. The lowest BCUT2D eigenvalue weighted by atomic mass is 10.1. The molecule has 1 saturated heterocycles. The molecule has 2 aromatic rings. The van der Waals surface area contributed by atoms with Crippen LogP contribution in [0.25, 0.3) is 0 Å². The zero-order chi connectivity index (χ0) is 24.0. The lowest BCUT2D eigenvalue weighted by molar-refractivity contribution is -0.142. The molecule has 0 aliphatic carbocycles. The molecule has 2 heterocycles. The molecule has 0 spiro atoms. The van der Waals surface area contributed by atoms with Crippen LogP contribution < -0.4 is 9.21 Å². The van der Waals surface area contributed by atoms with Gasteiger partial charge in [0.1, 0.15) is 0 Å². The average molecular weight is 548 g/mol. The number of alkyl halides is 3. The van der Waals surface area contributed by atoms with Gasteiger partial charge in [-0.2, -0.15) is 13.2 Å². The van der Waals surface area contributed by atoms with Gasteiger partial charge in [0.05, 0.1) is 48.1 Å². The molecule has 2 aliphatic rings. The van der Waals surface area contributed by atoms with Crippen LogP contribution in [0.15, 0.2) is 51.8 Å². The van der Waals surface area contributed by atoms with Gasteiger partial charge in [-0.05, 0) is 36.4 Å². The Hall–Kier alpha value is -2.31. The molecular weight excluding hydrogens is 527 g/mol. The van der Waals surface area contributed by atoms with E-state index >= 15 is 0 Å². The maximum atomic E-state index is 13.6.